The molecule has 4 aromatic carbocycles. The Morgan fingerprint density at radius 2 is 1.32 bits per heavy atom. The monoisotopic (exact) mass is 502 g/mol. The van der Waals surface area contributed by atoms with Crippen molar-refractivity contribution in [2.24, 2.45) is 0 Å². The highest BCUT2D eigenvalue weighted by Crippen LogP contribution is 2.55. The van der Waals surface area contributed by atoms with Crippen LogP contribution in [-0.2, 0) is 5.41 Å². The Balaban J connectivity index is 1.93. The van der Waals surface area contributed by atoms with E-state index in [4.69, 9.17) is 0 Å². The zero-order chi connectivity index (χ0) is 27.2. The van der Waals surface area contributed by atoms with Gasteiger partial charge in [-0.15, -0.1) is 0 Å². The Labute approximate surface area is 222 Å². The second kappa shape index (κ2) is 9.31. The zero-order valence-corrected chi connectivity index (χ0v) is 21.7. The molecule has 4 N–H and O–H groups in total. The van der Waals surface area contributed by atoms with Gasteiger partial charge in [0.2, 0.25) is 0 Å². The quantitative estimate of drug-likeness (QED) is 0.206. The molecule has 190 valence electrons. The van der Waals surface area contributed by atoms with Crippen LogP contribution >= 0.6 is 0 Å². The van der Waals surface area contributed by atoms with Crippen LogP contribution in [0.25, 0.3) is 28.7 Å². The molecule has 0 fully saturated rings. The molecular formula is C34H30O4. The topological polar surface area (TPSA) is 80.9 Å². The lowest BCUT2D eigenvalue weighted by Crippen LogP contribution is -2.34. The number of benzene rings is 4. The summed E-state index contributed by atoms with van der Waals surface area (Å²) in [5, 5.41) is 42.1. The van der Waals surface area contributed by atoms with Gasteiger partial charge >= 0.3 is 0 Å². The minimum atomic E-state index is -0.688. The van der Waals surface area contributed by atoms with Crippen LogP contribution in [0.1, 0.15) is 47.2 Å². The SMILES string of the molecule is C=C(O)/C(O)=c1/ccc(C2(c3ccc(/C(O)=C(\C)O)c(C)c3)c3ccccc3-c3ccccc32)c/c1=C/C. The molecule has 0 saturated carbocycles. The van der Waals surface area contributed by atoms with E-state index < -0.39 is 5.41 Å². The maximum atomic E-state index is 10.5. The van der Waals surface area contributed by atoms with Crippen molar-refractivity contribution in [1.82, 2.24) is 0 Å². The van der Waals surface area contributed by atoms with Gasteiger partial charge in [0.15, 0.2) is 17.3 Å². The van der Waals surface area contributed by atoms with Crippen LogP contribution in [0, 0.1) is 6.92 Å². The lowest BCUT2D eigenvalue weighted by Gasteiger charge is -2.34. The highest BCUT2D eigenvalue weighted by molar-refractivity contribution is 5.86. The molecule has 0 spiro atoms. The predicted octanol–water partition coefficient (Wildman–Crippen LogP) is 6.70. The molecule has 0 radical (unpaired) electrons. The van der Waals surface area contributed by atoms with Crippen LogP contribution in [0.4, 0.5) is 0 Å². The van der Waals surface area contributed by atoms with Crippen LogP contribution in [-0.4, -0.2) is 20.4 Å². The third kappa shape index (κ3) is 3.60. The van der Waals surface area contributed by atoms with Gasteiger partial charge < -0.3 is 20.4 Å². The Hall–Kier alpha value is -4.70. The molecule has 1 aliphatic carbocycles. The van der Waals surface area contributed by atoms with Crippen LogP contribution in [0.3, 0.4) is 0 Å². The third-order valence-corrected chi connectivity index (χ3v) is 7.53. The minimum Gasteiger partial charge on any atom is -0.509 e. The number of fused-ring (bicyclic) bond motifs is 3. The summed E-state index contributed by atoms with van der Waals surface area (Å²) < 4.78 is 0. The van der Waals surface area contributed by atoms with Gasteiger partial charge in [-0.05, 0) is 71.0 Å². The first kappa shape index (κ1) is 25.0. The molecule has 5 rings (SSSR count). The van der Waals surface area contributed by atoms with Gasteiger partial charge in [0.05, 0.1) is 5.41 Å². The molecule has 4 nitrogen and oxygen atoms in total. The van der Waals surface area contributed by atoms with E-state index in [1.165, 1.54) is 6.92 Å². The van der Waals surface area contributed by atoms with Crippen LogP contribution < -0.4 is 10.4 Å². The second-order valence-electron chi connectivity index (χ2n) is 9.69. The number of aliphatic hydroxyl groups is 4. The molecule has 1 aliphatic rings. The van der Waals surface area contributed by atoms with E-state index in [1.807, 2.05) is 74.5 Å². The first-order valence-electron chi connectivity index (χ1n) is 12.5. The van der Waals surface area contributed by atoms with E-state index in [0.717, 1.165) is 44.2 Å². The third-order valence-electron chi connectivity index (χ3n) is 7.53. The van der Waals surface area contributed by atoms with Crippen molar-refractivity contribution in [3.8, 4) is 11.1 Å². The predicted molar refractivity (Wildman–Crippen MR) is 154 cm³/mol. The van der Waals surface area contributed by atoms with Crippen molar-refractivity contribution >= 4 is 17.6 Å². The maximum Gasteiger partial charge on any atom is 0.164 e. The molecule has 0 amide bonds. The summed E-state index contributed by atoms with van der Waals surface area (Å²) in [5.74, 6) is -0.914. The first-order valence-corrected chi connectivity index (χ1v) is 12.5. The molecule has 4 aromatic rings. The van der Waals surface area contributed by atoms with Crippen LogP contribution in [0.5, 0.6) is 0 Å². The highest BCUT2D eigenvalue weighted by Gasteiger charge is 2.46. The molecule has 0 aliphatic heterocycles. The molecule has 0 atom stereocenters. The molecule has 4 heteroatoms. The van der Waals surface area contributed by atoms with Crippen molar-refractivity contribution < 1.29 is 20.4 Å². The summed E-state index contributed by atoms with van der Waals surface area (Å²) in [6.07, 6.45) is 1.90. The van der Waals surface area contributed by atoms with Gasteiger partial charge in [0.1, 0.15) is 5.76 Å². The fourth-order valence-corrected chi connectivity index (χ4v) is 5.79. The normalized spacial score (nSPS) is 15.4. The molecule has 0 aromatic heterocycles. The standard InChI is InChI=1S/C34H30O4/c1-5-23-19-25(15-17-27(23)33(38)22(4)36)34(24-14-16-26(20(2)18-24)32(37)21(3)35)30-12-8-6-10-28(30)29-11-7-9-13-31(29)34/h5-19,35-38H,4H2,1-3H3/b23-5-,32-21-,33-27+. The average Bonchev–Trinajstić information content (AvgIpc) is 3.23. The van der Waals surface area contributed by atoms with Gasteiger partial charge in [0.25, 0.3) is 0 Å². The number of hydrogen-bond donors (Lipinski definition) is 4. The lowest BCUT2D eigenvalue weighted by molar-refractivity contribution is 0.383. The Morgan fingerprint density at radius 1 is 0.763 bits per heavy atom. The van der Waals surface area contributed by atoms with E-state index in [-0.39, 0.29) is 23.0 Å². The van der Waals surface area contributed by atoms with E-state index in [2.05, 4.69) is 36.9 Å². The molecule has 0 unspecified atom stereocenters. The van der Waals surface area contributed by atoms with Crippen molar-refractivity contribution in [2.45, 2.75) is 26.2 Å². The van der Waals surface area contributed by atoms with Gasteiger partial charge in [-0.25, -0.2) is 0 Å². The van der Waals surface area contributed by atoms with E-state index in [1.54, 1.807) is 0 Å². The van der Waals surface area contributed by atoms with Crippen molar-refractivity contribution in [1.29, 1.82) is 0 Å². The number of aliphatic hydroxyl groups excluding tert-OH is 4. The summed E-state index contributed by atoms with van der Waals surface area (Å²) in [7, 11) is 0. The fourth-order valence-electron chi connectivity index (χ4n) is 5.79. The fraction of sp³-hybridized carbons (Fsp3) is 0.118. The Bertz CT molecular complexity index is 1710. The number of rotatable bonds is 4. The number of hydrogen-bond acceptors (Lipinski definition) is 4. The van der Waals surface area contributed by atoms with Crippen molar-refractivity contribution in [3.05, 3.63) is 147 Å². The van der Waals surface area contributed by atoms with Gasteiger partial charge in [-0.1, -0.05) is 91.5 Å². The first-order chi connectivity index (χ1) is 18.2. The Morgan fingerprint density at radius 3 is 1.84 bits per heavy atom. The Kier molecular flexibility index (Phi) is 6.12. The average molecular weight is 503 g/mol. The second-order valence-corrected chi connectivity index (χ2v) is 9.69. The van der Waals surface area contributed by atoms with Crippen LogP contribution in [0.15, 0.2) is 103 Å². The van der Waals surface area contributed by atoms with Gasteiger partial charge in [0, 0.05) is 10.8 Å². The summed E-state index contributed by atoms with van der Waals surface area (Å²) in [5.41, 5.74) is 7.25. The molecule has 0 heterocycles. The zero-order valence-electron chi connectivity index (χ0n) is 21.7. The van der Waals surface area contributed by atoms with E-state index >= 15 is 0 Å². The van der Waals surface area contributed by atoms with E-state index in [0.29, 0.717) is 10.8 Å². The van der Waals surface area contributed by atoms with Gasteiger partial charge in [-0.3, -0.25) is 0 Å². The minimum absolute atomic E-state index is 0.132. The summed E-state index contributed by atoms with van der Waals surface area (Å²) >= 11 is 0. The molecule has 0 saturated heterocycles. The largest absolute Gasteiger partial charge is 0.509 e. The smallest absolute Gasteiger partial charge is 0.164 e. The maximum absolute atomic E-state index is 10.5. The summed E-state index contributed by atoms with van der Waals surface area (Å²) in [4.78, 5) is 0. The van der Waals surface area contributed by atoms with E-state index in [9.17, 15) is 20.4 Å². The molecule has 0 bridgehead atoms. The van der Waals surface area contributed by atoms with Crippen molar-refractivity contribution in [2.75, 3.05) is 0 Å². The number of aryl methyl sites for hydroxylation is 1. The van der Waals surface area contributed by atoms with Crippen molar-refractivity contribution in [3.63, 3.8) is 0 Å². The summed E-state index contributed by atoms with van der Waals surface area (Å²) in [6.45, 7) is 8.76. The molecular weight excluding hydrogens is 472 g/mol. The lowest BCUT2D eigenvalue weighted by atomic mass is 9.67. The van der Waals surface area contributed by atoms with Crippen LogP contribution in [0.2, 0.25) is 0 Å². The van der Waals surface area contributed by atoms with Gasteiger partial charge in [-0.2, -0.15) is 0 Å². The molecule has 38 heavy (non-hydrogen) atoms. The summed E-state index contributed by atoms with van der Waals surface area (Å²) in [6, 6.07) is 28.5. The highest BCUT2D eigenvalue weighted by atomic mass is 16.3. The number of allylic oxidation sites excluding steroid dienone is 1.